The maximum Gasteiger partial charge on any atom is 0.227 e. The Labute approximate surface area is 155 Å². The molecule has 4 nitrogen and oxygen atoms in total. The Morgan fingerprint density at radius 1 is 1.31 bits per heavy atom. The van der Waals surface area contributed by atoms with E-state index in [-0.39, 0.29) is 12.0 Å². The summed E-state index contributed by atoms with van der Waals surface area (Å²) < 4.78 is 11.5. The van der Waals surface area contributed by atoms with Crippen LogP contribution in [0.5, 0.6) is 5.75 Å². The lowest BCUT2D eigenvalue weighted by Crippen LogP contribution is -2.45. The number of benzene rings is 2. The van der Waals surface area contributed by atoms with Gasteiger partial charge in [-0.1, -0.05) is 49.1 Å². The lowest BCUT2D eigenvalue weighted by atomic mass is 10.1. The summed E-state index contributed by atoms with van der Waals surface area (Å²) in [7, 11) is 0. The van der Waals surface area contributed by atoms with Gasteiger partial charge < -0.3 is 14.4 Å². The zero-order valence-electron chi connectivity index (χ0n) is 15.2. The molecule has 1 saturated heterocycles. The van der Waals surface area contributed by atoms with Crippen LogP contribution >= 0.6 is 0 Å². The molecule has 0 N–H and O–H groups in total. The summed E-state index contributed by atoms with van der Waals surface area (Å²) in [6.07, 6.45) is 2.19. The van der Waals surface area contributed by atoms with Gasteiger partial charge in [-0.05, 0) is 30.2 Å². The highest BCUT2D eigenvalue weighted by atomic mass is 16.5. The highest BCUT2D eigenvalue weighted by molar-refractivity contribution is 5.80. The first-order valence-electron chi connectivity index (χ1n) is 8.97. The molecule has 1 heterocycles. The molecule has 0 saturated carbocycles. The molecular formula is C22H25NO3. The average molecular weight is 351 g/mol. The Morgan fingerprint density at radius 3 is 2.85 bits per heavy atom. The van der Waals surface area contributed by atoms with E-state index in [0.717, 1.165) is 22.4 Å². The summed E-state index contributed by atoms with van der Waals surface area (Å²) in [5.41, 5.74) is 2.97. The Bertz CT molecular complexity index is 757. The van der Waals surface area contributed by atoms with Crippen LogP contribution in [0.2, 0.25) is 0 Å². The minimum Gasteiger partial charge on any atom is -0.489 e. The Hall–Kier alpha value is -2.59. The monoisotopic (exact) mass is 351 g/mol. The van der Waals surface area contributed by atoms with Crippen molar-refractivity contribution in [1.29, 1.82) is 0 Å². The van der Waals surface area contributed by atoms with E-state index < -0.39 is 0 Å². The molecule has 1 atom stereocenters. The molecule has 2 aromatic carbocycles. The van der Waals surface area contributed by atoms with E-state index in [9.17, 15) is 4.79 Å². The first-order valence-corrected chi connectivity index (χ1v) is 8.97. The van der Waals surface area contributed by atoms with Gasteiger partial charge in [0.2, 0.25) is 5.91 Å². The van der Waals surface area contributed by atoms with Crippen LogP contribution in [0.4, 0.5) is 0 Å². The molecule has 0 spiro atoms. The number of rotatable bonds is 6. The van der Waals surface area contributed by atoms with Crippen molar-refractivity contribution >= 4 is 12.0 Å². The molecule has 4 heteroatoms. The van der Waals surface area contributed by atoms with Crippen molar-refractivity contribution in [2.24, 2.45) is 0 Å². The van der Waals surface area contributed by atoms with Gasteiger partial charge in [0.15, 0.2) is 0 Å². The van der Waals surface area contributed by atoms with Crippen LogP contribution in [0.25, 0.3) is 6.08 Å². The second-order valence-corrected chi connectivity index (χ2v) is 6.54. The van der Waals surface area contributed by atoms with Crippen LogP contribution in [0.3, 0.4) is 0 Å². The Balaban J connectivity index is 1.73. The van der Waals surface area contributed by atoms with Crippen molar-refractivity contribution in [3.05, 3.63) is 71.8 Å². The van der Waals surface area contributed by atoms with Crippen molar-refractivity contribution in [2.45, 2.75) is 26.1 Å². The lowest BCUT2D eigenvalue weighted by molar-refractivity contribution is -0.137. The van der Waals surface area contributed by atoms with E-state index >= 15 is 0 Å². The minimum absolute atomic E-state index is 0.0843. The summed E-state index contributed by atoms with van der Waals surface area (Å²) >= 11 is 0. The predicted molar refractivity (Wildman–Crippen MR) is 103 cm³/mol. The van der Waals surface area contributed by atoms with Gasteiger partial charge in [0.25, 0.3) is 0 Å². The van der Waals surface area contributed by atoms with Gasteiger partial charge in [-0.3, -0.25) is 4.79 Å². The first-order chi connectivity index (χ1) is 12.7. The van der Waals surface area contributed by atoms with E-state index in [1.165, 1.54) is 0 Å². The van der Waals surface area contributed by atoms with Crippen molar-refractivity contribution in [2.75, 3.05) is 19.7 Å². The van der Waals surface area contributed by atoms with Crippen molar-refractivity contribution in [1.82, 2.24) is 4.90 Å². The molecule has 26 heavy (non-hydrogen) atoms. The normalized spacial score (nSPS) is 17.0. The van der Waals surface area contributed by atoms with Crippen LogP contribution < -0.4 is 4.74 Å². The summed E-state index contributed by atoms with van der Waals surface area (Å²) in [5.74, 6) is 0.847. The summed E-state index contributed by atoms with van der Waals surface area (Å²) in [6, 6.07) is 15.9. The molecule has 0 bridgehead atoms. The van der Waals surface area contributed by atoms with Crippen LogP contribution in [0.15, 0.2) is 55.1 Å². The van der Waals surface area contributed by atoms with E-state index in [2.05, 4.69) is 6.58 Å². The smallest absolute Gasteiger partial charge is 0.227 e. The third-order valence-electron chi connectivity index (χ3n) is 4.49. The van der Waals surface area contributed by atoms with Gasteiger partial charge in [0.05, 0.1) is 19.1 Å². The molecule has 3 rings (SSSR count). The summed E-state index contributed by atoms with van der Waals surface area (Å²) in [6.45, 7) is 8.17. The molecule has 1 fully saturated rings. The fourth-order valence-electron chi connectivity index (χ4n) is 3.06. The highest BCUT2D eigenvalue weighted by Crippen LogP contribution is 2.24. The maximum absolute atomic E-state index is 12.7. The fourth-order valence-corrected chi connectivity index (χ4v) is 3.06. The highest BCUT2D eigenvalue weighted by Gasteiger charge is 2.22. The molecule has 1 amide bonds. The largest absolute Gasteiger partial charge is 0.489 e. The number of nitrogens with zero attached hydrogens (tertiary/aromatic N) is 1. The standard InChI is InChI=1S/C22H25NO3/c1-3-18-9-10-21(26-16-19-7-5-4-6-8-19)20(13-18)14-22(24)23-11-12-25-17(2)15-23/h3-10,13,17H,1,11-12,14-16H2,2H3/t17-/m0/s1. The number of morpholine rings is 1. The minimum atomic E-state index is 0.0843. The molecule has 1 aliphatic rings. The number of hydrogen-bond acceptors (Lipinski definition) is 3. The van der Waals surface area contributed by atoms with Crippen molar-refractivity contribution in [3.63, 3.8) is 0 Å². The van der Waals surface area contributed by atoms with Gasteiger partial charge >= 0.3 is 0 Å². The maximum atomic E-state index is 12.7. The molecule has 2 aromatic rings. The molecule has 0 radical (unpaired) electrons. The van der Waals surface area contributed by atoms with E-state index in [4.69, 9.17) is 9.47 Å². The second kappa shape index (κ2) is 8.68. The predicted octanol–water partition coefficient (Wildman–Crippen LogP) is 3.70. The SMILES string of the molecule is C=Cc1ccc(OCc2ccccc2)c(CC(=O)N2CCO[C@@H](C)C2)c1. The topological polar surface area (TPSA) is 38.8 Å². The molecule has 0 aliphatic carbocycles. The van der Waals surface area contributed by atoms with Crippen LogP contribution in [-0.2, 0) is 22.6 Å². The Morgan fingerprint density at radius 2 is 2.12 bits per heavy atom. The number of hydrogen-bond donors (Lipinski definition) is 0. The molecule has 0 aromatic heterocycles. The fraction of sp³-hybridized carbons (Fsp3) is 0.318. The molecular weight excluding hydrogens is 326 g/mol. The Kier molecular flexibility index (Phi) is 6.08. The van der Waals surface area contributed by atoms with Crippen LogP contribution in [-0.4, -0.2) is 36.6 Å². The second-order valence-electron chi connectivity index (χ2n) is 6.54. The zero-order chi connectivity index (χ0) is 18.4. The van der Waals surface area contributed by atoms with E-state index in [1.807, 2.05) is 60.4 Å². The molecule has 136 valence electrons. The summed E-state index contributed by atoms with van der Waals surface area (Å²) in [4.78, 5) is 14.6. The number of carbonyl (C=O) groups excluding carboxylic acids is 1. The van der Waals surface area contributed by atoms with E-state index in [1.54, 1.807) is 6.08 Å². The van der Waals surface area contributed by atoms with Gasteiger partial charge in [0, 0.05) is 18.7 Å². The van der Waals surface area contributed by atoms with E-state index in [0.29, 0.717) is 32.7 Å². The number of ether oxygens (including phenoxy) is 2. The number of amides is 1. The molecule has 0 unspecified atom stereocenters. The van der Waals surface area contributed by atoms with Crippen molar-refractivity contribution in [3.8, 4) is 5.75 Å². The lowest BCUT2D eigenvalue weighted by Gasteiger charge is -2.31. The summed E-state index contributed by atoms with van der Waals surface area (Å²) in [5, 5.41) is 0. The van der Waals surface area contributed by atoms with Gasteiger partial charge in [-0.25, -0.2) is 0 Å². The van der Waals surface area contributed by atoms with Gasteiger partial charge in [0.1, 0.15) is 12.4 Å². The quantitative estimate of drug-likeness (QED) is 0.797. The van der Waals surface area contributed by atoms with Gasteiger partial charge in [-0.15, -0.1) is 0 Å². The third kappa shape index (κ3) is 4.73. The van der Waals surface area contributed by atoms with Crippen molar-refractivity contribution < 1.29 is 14.3 Å². The van der Waals surface area contributed by atoms with Gasteiger partial charge in [-0.2, -0.15) is 0 Å². The third-order valence-corrected chi connectivity index (χ3v) is 4.49. The average Bonchev–Trinajstić information content (AvgIpc) is 2.67. The number of carbonyl (C=O) groups is 1. The molecule has 1 aliphatic heterocycles. The first kappa shape index (κ1) is 18.2. The van der Waals surface area contributed by atoms with Crippen LogP contribution in [0.1, 0.15) is 23.6 Å². The van der Waals surface area contributed by atoms with Crippen LogP contribution in [0, 0.1) is 0 Å². The zero-order valence-corrected chi connectivity index (χ0v) is 15.2.